The van der Waals surface area contributed by atoms with Crippen molar-refractivity contribution in [3.8, 4) is 17.1 Å². The van der Waals surface area contributed by atoms with E-state index in [1.165, 1.54) is 6.07 Å². The van der Waals surface area contributed by atoms with E-state index in [4.69, 9.17) is 19.9 Å². The molecule has 0 saturated carbocycles. The molecule has 0 amide bonds. The average molecular weight is 412 g/mol. The zero-order valence-electron chi connectivity index (χ0n) is 15.4. The molecule has 2 aliphatic heterocycles. The number of hydrogen-bond acceptors (Lipinski definition) is 9. The van der Waals surface area contributed by atoms with Gasteiger partial charge in [0.25, 0.3) is 0 Å². The summed E-state index contributed by atoms with van der Waals surface area (Å²) in [6.07, 6.45) is -3.26. The fourth-order valence-corrected chi connectivity index (χ4v) is 3.09. The quantitative estimate of drug-likeness (QED) is 0.800. The van der Waals surface area contributed by atoms with Crippen molar-refractivity contribution in [2.75, 3.05) is 50.2 Å². The van der Waals surface area contributed by atoms with Gasteiger partial charge in [-0.05, 0) is 0 Å². The average Bonchev–Trinajstić information content (AvgIpc) is 3.21. The number of nitrogens with zero attached hydrogens (tertiary/aromatic N) is 5. The lowest BCUT2D eigenvalue weighted by Crippen LogP contribution is -2.37. The number of nitrogen functional groups attached to an aromatic ring is 1. The van der Waals surface area contributed by atoms with Crippen LogP contribution in [0, 0.1) is 0 Å². The van der Waals surface area contributed by atoms with Gasteiger partial charge in [0.05, 0.1) is 32.1 Å². The highest BCUT2D eigenvalue weighted by Crippen LogP contribution is 2.36. The van der Waals surface area contributed by atoms with Gasteiger partial charge in [0, 0.05) is 37.3 Å². The summed E-state index contributed by atoms with van der Waals surface area (Å²) in [4.78, 5) is 17.7. The molecule has 12 heteroatoms. The fourth-order valence-electron chi connectivity index (χ4n) is 3.09. The summed E-state index contributed by atoms with van der Waals surface area (Å²) in [7, 11) is 0. The largest absolute Gasteiger partial charge is 0.472 e. The van der Waals surface area contributed by atoms with Crippen LogP contribution in [0.4, 0.5) is 25.1 Å². The predicted octanol–water partition coefficient (Wildman–Crippen LogP) is 1.54. The van der Waals surface area contributed by atoms with Crippen LogP contribution in [-0.4, -0.2) is 65.6 Å². The minimum atomic E-state index is -4.73. The lowest BCUT2D eigenvalue weighted by Gasteiger charge is -2.27. The maximum Gasteiger partial charge on any atom is 0.434 e. The van der Waals surface area contributed by atoms with Gasteiger partial charge < -0.3 is 24.8 Å². The number of anilines is 2. The molecule has 1 atom stereocenters. The van der Waals surface area contributed by atoms with Crippen LogP contribution in [0.15, 0.2) is 12.3 Å². The van der Waals surface area contributed by atoms with Crippen molar-refractivity contribution in [1.29, 1.82) is 0 Å². The molecule has 0 aromatic carbocycles. The third-order valence-corrected chi connectivity index (χ3v) is 4.51. The molecule has 156 valence electrons. The number of ether oxygens (including phenoxy) is 3. The SMILES string of the molecule is Nc1ncc(-c2cc(O[C@H]3CCOC3)nc(N3CCOCC3)n2)c(C(F)(F)F)n1. The number of aromatic nitrogens is 4. The summed E-state index contributed by atoms with van der Waals surface area (Å²) < 4.78 is 57.1. The number of alkyl halides is 3. The van der Waals surface area contributed by atoms with Gasteiger partial charge >= 0.3 is 6.18 Å². The van der Waals surface area contributed by atoms with E-state index in [-0.39, 0.29) is 29.2 Å². The van der Waals surface area contributed by atoms with Crippen molar-refractivity contribution in [3.63, 3.8) is 0 Å². The van der Waals surface area contributed by atoms with Crippen LogP contribution < -0.4 is 15.4 Å². The van der Waals surface area contributed by atoms with Gasteiger partial charge in [-0.3, -0.25) is 0 Å². The minimum absolute atomic E-state index is 0.00253. The summed E-state index contributed by atoms with van der Waals surface area (Å²) in [6.45, 7) is 2.92. The molecule has 4 heterocycles. The zero-order chi connectivity index (χ0) is 20.4. The smallest absolute Gasteiger partial charge is 0.434 e. The third kappa shape index (κ3) is 4.48. The topological polar surface area (TPSA) is 109 Å². The lowest BCUT2D eigenvalue weighted by molar-refractivity contribution is -0.140. The maximum absolute atomic E-state index is 13.5. The van der Waals surface area contributed by atoms with Crippen LogP contribution >= 0.6 is 0 Å². The van der Waals surface area contributed by atoms with Gasteiger partial charge in [-0.25, -0.2) is 15.0 Å². The molecule has 9 nitrogen and oxygen atoms in total. The second-order valence-electron chi connectivity index (χ2n) is 6.58. The van der Waals surface area contributed by atoms with Crippen molar-refractivity contribution >= 4 is 11.9 Å². The fraction of sp³-hybridized carbons (Fsp3) is 0.529. The molecule has 2 N–H and O–H groups in total. The van der Waals surface area contributed by atoms with Crippen LogP contribution in [0.1, 0.15) is 12.1 Å². The predicted molar refractivity (Wildman–Crippen MR) is 95.4 cm³/mol. The molecule has 2 aromatic rings. The molecule has 0 bridgehead atoms. The molecule has 4 rings (SSSR count). The Labute approximate surface area is 164 Å². The van der Waals surface area contributed by atoms with Crippen LogP contribution in [-0.2, 0) is 15.7 Å². The Morgan fingerprint density at radius 3 is 2.59 bits per heavy atom. The molecule has 0 unspecified atom stereocenters. The van der Waals surface area contributed by atoms with Crippen LogP contribution in [0.3, 0.4) is 0 Å². The van der Waals surface area contributed by atoms with Crippen molar-refractivity contribution in [3.05, 3.63) is 18.0 Å². The van der Waals surface area contributed by atoms with Crippen LogP contribution in [0.25, 0.3) is 11.3 Å². The number of halogens is 3. The third-order valence-electron chi connectivity index (χ3n) is 4.51. The van der Waals surface area contributed by atoms with E-state index < -0.39 is 17.8 Å². The van der Waals surface area contributed by atoms with Gasteiger partial charge in [0.15, 0.2) is 5.69 Å². The summed E-state index contributed by atoms with van der Waals surface area (Å²) in [5.74, 6) is -0.0512. The second-order valence-corrected chi connectivity index (χ2v) is 6.58. The number of rotatable bonds is 4. The van der Waals surface area contributed by atoms with Crippen molar-refractivity contribution < 1.29 is 27.4 Å². The molecule has 0 spiro atoms. The lowest BCUT2D eigenvalue weighted by atomic mass is 10.1. The summed E-state index contributed by atoms with van der Waals surface area (Å²) in [5, 5.41) is 0. The summed E-state index contributed by atoms with van der Waals surface area (Å²) in [6, 6.07) is 1.35. The van der Waals surface area contributed by atoms with Gasteiger partial charge in [0.2, 0.25) is 17.8 Å². The molecule has 0 radical (unpaired) electrons. The highest BCUT2D eigenvalue weighted by atomic mass is 19.4. The first-order valence-corrected chi connectivity index (χ1v) is 9.06. The Bertz CT molecular complexity index is 870. The Kier molecular flexibility index (Phi) is 5.37. The van der Waals surface area contributed by atoms with Gasteiger partial charge in [-0.2, -0.15) is 18.2 Å². The first kappa shape index (κ1) is 19.6. The number of morpholine rings is 1. The molecular formula is C17H19F3N6O3. The molecular weight excluding hydrogens is 393 g/mol. The second kappa shape index (κ2) is 7.95. The van der Waals surface area contributed by atoms with Crippen molar-refractivity contribution in [2.45, 2.75) is 18.7 Å². The summed E-state index contributed by atoms with van der Waals surface area (Å²) in [5.41, 5.74) is 3.92. The standard InChI is InChI=1S/C17H19F3N6O3/c18-17(19,20)14-11(8-22-15(21)25-14)12-7-13(29-10-1-4-28-9-10)24-16(23-12)26-2-5-27-6-3-26/h7-8,10H,1-6,9H2,(H2,21,22,25)/t10-/m0/s1. The van der Waals surface area contributed by atoms with E-state index in [0.717, 1.165) is 6.20 Å². The molecule has 0 aliphatic carbocycles. The van der Waals surface area contributed by atoms with E-state index in [2.05, 4.69) is 19.9 Å². The normalized spacial score (nSPS) is 20.1. The molecule has 2 fully saturated rings. The molecule has 29 heavy (non-hydrogen) atoms. The van der Waals surface area contributed by atoms with E-state index >= 15 is 0 Å². The Morgan fingerprint density at radius 1 is 1.10 bits per heavy atom. The molecule has 2 aromatic heterocycles. The Balaban J connectivity index is 1.77. The number of nitrogens with two attached hydrogens (primary N) is 1. The van der Waals surface area contributed by atoms with Crippen molar-refractivity contribution in [1.82, 2.24) is 19.9 Å². The monoisotopic (exact) mass is 412 g/mol. The zero-order valence-corrected chi connectivity index (χ0v) is 15.4. The highest BCUT2D eigenvalue weighted by molar-refractivity contribution is 5.65. The first-order valence-electron chi connectivity index (χ1n) is 9.06. The van der Waals surface area contributed by atoms with E-state index in [0.29, 0.717) is 45.9 Å². The maximum atomic E-state index is 13.5. The van der Waals surface area contributed by atoms with Crippen LogP contribution in [0.2, 0.25) is 0 Å². The summed E-state index contributed by atoms with van der Waals surface area (Å²) >= 11 is 0. The minimum Gasteiger partial charge on any atom is -0.472 e. The van der Waals surface area contributed by atoms with Crippen LogP contribution in [0.5, 0.6) is 5.88 Å². The van der Waals surface area contributed by atoms with Gasteiger partial charge in [0.1, 0.15) is 6.10 Å². The van der Waals surface area contributed by atoms with Gasteiger partial charge in [-0.1, -0.05) is 0 Å². The highest BCUT2D eigenvalue weighted by Gasteiger charge is 2.37. The number of hydrogen-bond donors (Lipinski definition) is 1. The van der Waals surface area contributed by atoms with E-state index in [1.807, 2.05) is 4.90 Å². The Morgan fingerprint density at radius 2 is 1.90 bits per heavy atom. The van der Waals surface area contributed by atoms with E-state index in [1.54, 1.807) is 0 Å². The van der Waals surface area contributed by atoms with Gasteiger partial charge in [-0.15, -0.1) is 0 Å². The van der Waals surface area contributed by atoms with Crippen molar-refractivity contribution in [2.24, 2.45) is 0 Å². The Hall–Kier alpha value is -2.73. The molecule has 2 aliphatic rings. The molecule has 2 saturated heterocycles. The van der Waals surface area contributed by atoms with E-state index in [9.17, 15) is 13.2 Å². The first-order chi connectivity index (χ1) is 13.9.